The summed E-state index contributed by atoms with van der Waals surface area (Å²) in [5, 5.41) is 0. The molecule has 1 aliphatic heterocycles. The van der Waals surface area contributed by atoms with Crippen molar-refractivity contribution in [3.8, 4) is 0 Å². The van der Waals surface area contributed by atoms with Crippen LogP contribution < -0.4 is 0 Å². The zero-order valence-electron chi connectivity index (χ0n) is 11.0. The molecule has 1 nitrogen and oxygen atoms in total. The monoisotopic (exact) mass is 209 g/mol. The van der Waals surface area contributed by atoms with Gasteiger partial charge in [-0.1, -0.05) is 20.8 Å². The van der Waals surface area contributed by atoms with E-state index in [2.05, 4.69) is 32.7 Å². The first-order valence-electron chi connectivity index (χ1n) is 6.60. The lowest BCUT2D eigenvalue weighted by atomic mass is 9.74. The Bertz CT molecular complexity index is 228. The summed E-state index contributed by atoms with van der Waals surface area (Å²) < 4.78 is 0. The fourth-order valence-electron chi connectivity index (χ4n) is 3.77. The molecule has 2 unspecified atom stereocenters. The molecule has 2 fully saturated rings. The standard InChI is InChI=1S/C14H27N/c1-13(2,3)12-6-8-14(10-12)7-5-9-15(4)11-14/h12H,5-11H2,1-4H3. The van der Waals surface area contributed by atoms with E-state index in [1.807, 2.05) is 0 Å². The fraction of sp³-hybridized carbons (Fsp3) is 1.00. The average Bonchev–Trinajstić information content (AvgIpc) is 2.48. The van der Waals surface area contributed by atoms with Crippen LogP contribution in [-0.2, 0) is 0 Å². The Morgan fingerprint density at radius 1 is 1.20 bits per heavy atom. The quantitative estimate of drug-likeness (QED) is 0.590. The fourth-order valence-corrected chi connectivity index (χ4v) is 3.77. The van der Waals surface area contributed by atoms with Gasteiger partial charge < -0.3 is 4.90 Å². The summed E-state index contributed by atoms with van der Waals surface area (Å²) in [7, 11) is 2.30. The molecular formula is C14H27N. The van der Waals surface area contributed by atoms with Crippen LogP contribution in [0.2, 0.25) is 0 Å². The van der Waals surface area contributed by atoms with Crippen molar-refractivity contribution < 1.29 is 0 Å². The number of rotatable bonds is 0. The van der Waals surface area contributed by atoms with Crippen LogP contribution in [0, 0.1) is 16.7 Å². The van der Waals surface area contributed by atoms with Crippen LogP contribution >= 0.6 is 0 Å². The van der Waals surface area contributed by atoms with Gasteiger partial charge in [-0.05, 0) is 62.4 Å². The Morgan fingerprint density at radius 3 is 2.47 bits per heavy atom. The van der Waals surface area contributed by atoms with Crippen LogP contribution in [0.1, 0.15) is 52.9 Å². The molecule has 0 bridgehead atoms. The molecule has 1 heteroatoms. The summed E-state index contributed by atoms with van der Waals surface area (Å²) in [5.74, 6) is 0.962. The van der Waals surface area contributed by atoms with Crippen molar-refractivity contribution in [2.24, 2.45) is 16.7 Å². The minimum Gasteiger partial charge on any atom is -0.306 e. The van der Waals surface area contributed by atoms with Gasteiger partial charge in [-0.25, -0.2) is 0 Å². The van der Waals surface area contributed by atoms with Gasteiger partial charge in [0.15, 0.2) is 0 Å². The number of piperidine rings is 1. The minimum atomic E-state index is 0.527. The highest BCUT2D eigenvalue weighted by molar-refractivity contribution is 4.96. The van der Waals surface area contributed by atoms with E-state index in [1.165, 1.54) is 45.2 Å². The lowest BCUT2D eigenvalue weighted by Crippen LogP contribution is -2.40. The molecule has 15 heavy (non-hydrogen) atoms. The van der Waals surface area contributed by atoms with Gasteiger partial charge in [-0.15, -0.1) is 0 Å². The predicted octanol–water partition coefficient (Wildman–Crippen LogP) is 3.54. The van der Waals surface area contributed by atoms with Crippen LogP contribution in [0.3, 0.4) is 0 Å². The summed E-state index contributed by atoms with van der Waals surface area (Å²) in [6.45, 7) is 9.94. The van der Waals surface area contributed by atoms with Crippen molar-refractivity contribution in [3.63, 3.8) is 0 Å². The highest BCUT2D eigenvalue weighted by atomic mass is 15.1. The first-order valence-corrected chi connectivity index (χ1v) is 6.60. The molecule has 0 radical (unpaired) electrons. The minimum absolute atomic E-state index is 0.527. The molecule has 0 aromatic carbocycles. The van der Waals surface area contributed by atoms with Crippen LogP contribution in [0.4, 0.5) is 0 Å². The summed E-state index contributed by atoms with van der Waals surface area (Å²) in [6.07, 6.45) is 7.36. The van der Waals surface area contributed by atoms with Crippen LogP contribution in [0.25, 0.3) is 0 Å². The smallest absolute Gasteiger partial charge is 0.00350 e. The second-order valence-electron chi connectivity index (χ2n) is 7.15. The summed E-state index contributed by atoms with van der Waals surface area (Å²) >= 11 is 0. The molecule has 0 N–H and O–H groups in total. The van der Waals surface area contributed by atoms with Gasteiger partial charge in [-0.3, -0.25) is 0 Å². The Balaban J connectivity index is 2.01. The maximum Gasteiger partial charge on any atom is 0.00350 e. The Labute approximate surface area is 95.2 Å². The highest BCUT2D eigenvalue weighted by Gasteiger charge is 2.44. The van der Waals surface area contributed by atoms with Crippen molar-refractivity contribution in [1.29, 1.82) is 0 Å². The Hall–Kier alpha value is -0.0400. The molecule has 88 valence electrons. The molecule has 1 aliphatic carbocycles. The molecule has 1 saturated heterocycles. The first-order chi connectivity index (χ1) is 6.91. The number of hydrogen-bond donors (Lipinski definition) is 0. The summed E-state index contributed by atoms with van der Waals surface area (Å²) in [5.41, 5.74) is 1.23. The van der Waals surface area contributed by atoms with Crippen LogP contribution in [0.15, 0.2) is 0 Å². The Kier molecular flexibility index (Phi) is 2.87. The number of hydrogen-bond acceptors (Lipinski definition) is 1. The van der Waals surface area contributed by atoms with Crippen molar-refractivity contribution in [1.82, 2.24) is 4.90 Å². The number of nitrogens with zero attached hydrogens (tertiary/aromatic N) is 1. The van der Waals surface area contributed by atoms with Crippen LogP contribution in [0.5, 0.6) is 0 Å². The summed E-state index contributed by atoms with van der Waals surface area (Å²) in [6, 6.07) is 0. The third kappa shape index (κ3) is 2.38. The van der Waals surface area contributed by atoms with E-state index in [4.69, 9.17) is 0 Å². The largest absolute Gasteiger partial charge is 0.306 e. The first kappa shape index (κ1) is 11.4. The third-order valence-corrected chi connectivity index (χ3v) is 4.78. The van der Waals surface area contributed by atoms with Crippen LogP contribution in [-0.4, -0.2) is 25.0 Å². The van der Waals surface area contributed by atoms with E-state index in [0.717, 1.165) is 5.92 Å². The molecule has 1 heterocycles. The van der Waals surface area contributed by atoms with E-state index in [0.29, 0.717) is 10.8 Å². The molecule has 0 aromatic rings. The molecule has 0 amide bonds. The summed E-state index contributed by atoms with van der Waals surface area (Å²) in [4.78, 5) is 2.55. The predicted molar refractivity (Wildman–Crippen MR) is 66.0 cm³/mol. The van der Waals surface area contributed by atoms with E-state index in [1.54, 1.807) is 0 Å². The second kappa shape index (κ2) is 3.76. The van der Waals surface area contributed by atoms with Gasteiger partial charge in [-0.2, -0.15) is 0 Å². The third-order valence-electron chi connectivity index (χ3n) is 4.78. The van der Waals surface area contributed by atoms with Gasteiger partial charge in [0.1, 0.15) is 0 Å². The highest BCUT2D eigenvalue weighted by Crippen LogP contribution is 2.52. The normalized spacial score (nSPS) is 38.8. The zero-order valence-corrected chi connectivity index (χ0v) is 11.0. The van der Waals surface area contributed by atoms with E-state index in [9.17, 15) is 0 Å². The number of likely N-dealkylation sites (tertiary alicyclic amines) is 1. The SMILES string of the molecule is CN1CCCC2(CCC(C(C)(C)C)C2)C1. The maximum absolute atomic E-state index is 2.55. The van der Waals surface area contributed by atoms with Crippen molar-refractivity contribution >= 4 is 0 Å². The zero-order chi connectivity index (χ0) is 11.1. The second-order valence-corrected chi connectivity index (χ2v) is 7.15. The molecule has 2 atom stereocenters. The average molecular weight is 209 g/mol. The van der Waals surface area contributed by atoms with Crippen molar-refractivity contribution in [2.45, 2.75) is 52.9 Å². The van der Waals surface area contributed by atoms with Gasteiger partial charge in [0, 0.05) is 6.54 Å². The van der Waals surface area contributed by atoms with Gasteiger partial charge in [0.25, 0.3) is 0 Å². The molecular weight excluding hydrogens is 182 g/mol. The molecule has 0 aromatic heterocycles. The topological polar surface area (TPSA) is 3.24 Å². The molecule has 1 spiro atoms. The van der Waals surface area contributed by atoms with Crippen molar-refractivity contribution in [2.75, 3.05) is 20.1 Å². The van der Waals surface area contributed by atoms with E-state index in [-0.39, 0.29) is 0 Å². The Morgan fingerprint density at radius 2 is 1.93 bits per heavy atom. The van der Waals surface area contributed by atoms with Crippen molar-refractivity contribution in [3.05, 3.63) is 0 Å². The van der Waals surface area contributed by atoms with Gasteiger partial charge in [0.05, 0.1) is 0 Å². The maximum atomic E-state index is 2.55. The molecule has 2 rings (SSSR count). The molecule has 1 saturated carbocycles. The lowest BCUT2D eigenvalue weighted by molar-refractivity contribution is 0.0997. The van der Waals surface area contributed by atoms with Gasteiger partial charge >= 0.3 is 0 Å². The van der Waals surface area contributed by atoms with E-state index < -0.39 is 0 Å². The van der Waals surface area contributed by atoms with Gasteiger partial charge in [0.2, 0.25) is 0 Å². The molecule has 2 aliphatic rings. The lowest BCUT2D eigenvalue weighted by Gasteiger charge is -2.40. The van der Waals surface area contributed by atoms with E-state index >= 15 is 0 Å².